The normalized spacial score (nSPS) is 6.33. The fourth-order valence-electron chi connectivity index (χ4n) is 0. The van der Waals surface area contributed by atoms with Crippen LogP contribution in [0.1, 0.15) is 0 Å². The molecular weight excluding hydrogens is 136 g/mol. The van der Waals surface area contributed by atoms with Crippen molar-refractivity contribution in [3.8, 4) is 0 Å². The predicted octanol–water partition coefficient (Wildman–Crippen LogP) is 0.376. The van der Waals surface area contributed by atoms with Crippen molar-refractivity contribution < 1.29 is 35.1 Å². The second-order valence-corrected chi connectivity index (χ2v) is 0.640. The van der Waals surface area contributed by atoms with Crippen molar-refractivity contribution in [1.82, 2.24) is 0 Å². The molecule has 0 aliphatic carbocycles. The number of hydrogen-bond donors (Lipinski definition) is 4. The minimum absolute atomic E-state index is 1.69. The summed E-state index contributed by atoms with van der Waals surface area (Å²) in [6, 6.07) is 0. The summed E-state index contributed by atoms with van der Waals surface area (Å²) in [5.74, 6) is 0. The lowest BCUT2D eigenvalue weighted by Gasteiger charge is -1.75. The van der Waals surface area contributed by atoms with E-state index in [0.717, 1.165) is 0 Å². The average Bonchev–Trinajstić information content (AvgIpc) is 1.65. The van der Waals surface area contributed by atoms with E-state index in [2.05, 4.69) is 4.89 Å². The highest BCUT2D eigenvalue weighted by atomic mass is 17.1. The first-order valence-corrected chi connectivity index (χ1v) is 1.47. The zero-order valence-corrected chi connectivity index (χ0v) is 4.01. The molecule has 0 amide bonds. The Hall–Kier alpha value is -1.50. The molecule has 0 atom stereocenters. The summed E-state index contributed by atoms with van der Waals surface area (Å²) in [4.78, 5) is 20.1. The molecule has 0 aromatic rings. The fraction of sp³-hybridized carbons (Fsp3) is 0. The summed E-state index contributed by atoms with van der Waals surface area (Å²) in [5.41, 5.74) is 0. The van der Waals surface area contributed by atoms with Gasteiger partial charge >= 0.3 is 12.3 Å². The SMILES string of the molecule is O=C(O)O.O=C(O)OO. The molecule has 54 valence electrons. The fourth-order valence-corrected chi connectivity index (χ4v) is 0. The van der Waals surface area contributed by atoms with Gasteiger partial charge in [-0.2, -0.15) is 5.26 Å². The third-order valence-corrected chi connectivity index (χ3v) is 0.0781. The summed E-state index contributed by atoms with van der Waals surface area (Å²) in [5, 5.41) is 28.2. The average molecular weight is 140 g/mol. The Kier molecular flexibility index (Phi) is 7.57. The van der Waals surface area contributed by atoms with Gasteiger partial charge in [0.25, 0.3) is 0 Å². The molecular formula is C2H4O7. The first-order valence-electron chi connectivity index (χ1n) is 1.47. The summed E-state index contributed by atoms with van der Waals surface area (Å²) in [7, 11) is 0. The Bertz CT molecular complexity index is 91.1. The maximum atomic E-state index is 8.90. The molecule has 0 bridgehead atoms. The van der Waals surface area contributed by atoms with Gasteiger partial charge in [-0.25, -0.2) is 9.59 Å². The van der Waals surface area contributed by atoms with Crippen molar-refractivity contribution in [2.45, 2.75) is 0 Å². The molecule has 4 N–H and O–H groups in total. The molecule has 0 heterocycles. The zero-order valence-electron chi connectivity index (χ0n) is 4.01. The minimum Gasteiger partial charge on any atom is -0.450 e. The van der Waals surface area contributed by atoms with Crippen LogP contribution in [0.2, 0.25) is 0 Å². The number of carboxylic acid groups (broad SMARTS) is 3. The molecule has 0 aromatic heterocycles. The van der Waals surface area contributed by atoms with Crippen LogP contribution in [0.4, 0.5) is 9.59 Å². The largest absolute Gasteiger partial charge is 0.537 e. The number of carbonyl (C=O) groups is 2. The Morgan fingerprint density at radius 2 is 1.22 bits per heavy atom. The standard InChI is InChI=1S/CH2O4.CH2O3/c2-1(3)5-4;2-1(3)4/h4H,(H,2,3);(H2,2,3,4). The molecule has 0 aliphatic heterocycles. The van der Waals surface area contributed by atoms with Crippen molar-refractivity contribution in [1.29, 1.82) is 0 Å². The summed E-state index contributed by atoms with van der Waals surface area (Å²) >= 11 is 0. The van der Waals surface area contributed by atoms with Gasteiger partial charge in [0.1, 0.15) is 0 Å². The minimum atomic E-state index is -1.83. The van der Waals surface area contributed by atoms with Crippen molar-refractivity contribution in [3.63, 3.8) is 0 Å². The van der Waals surface area contributed by atoms with Gasteiger partial charge in [0, 0.05) is 0 Å². The predicted molar refractivity (Wildman–Crippen MR) is 22.4 cm³/mol. The Balaban J connectivity index is 0. The highest BCUT2D eigenvalue weighted by Crippen LogP contribution is 1.59. The molecule has 0 rings (SSSR count). The van der Waals surface area contributed by atoms with Gasteiger partial charge in [0.05, 0.1) is 0 Å². The van der Waals surface area contributed by atoms with Crippen LogP contribution in [0.5, 0.6) is 0 Å². The monoisotopic (exact) mass is 140 g/mol. The third kappa shape index (κ3) is 526. The van der Waals surface area contributed by atoms with Crippen LogP contribution >= 0.6 is 0 Å². The van der Waals surface area contributed by atoms with E-state index in [4.69, 9.17) is 30.2 Å². The molecule has 0 aliphatic rings. The third-order valence-electron chi connectivity index (χ3n) is 0.0781. The molecule has 9 heavy (non-hydrogen) atoms. The molecule has 0 spiro atoms. The first kappa shape index (κ1) is 10.5. The van der Waals surface area contributed by atoms with Crippen molar-refractivity contribution in [2.75, 3.05) is 0 Å². The Morgan fingerprint density at radius 3 is 1.22 bits per heavy atom. The molecule has 0 saturated carbocycles. The molecule has 7 nitrogen and oxygen atoms in total. The van der Waals surface area contributed by atoms with Crippen molar-refractivity contribution >= 4 is 12.3 Å². The van der Waals surface area contributed by atoms with E-state index in [0.29, 0.717) is 0 Å². The number of rotatable bonds is 0. The molecule has 0 aromatic carbocycles. The van der Waals surface area contributed by atoms with Crippen LogP contribution in [0.3, 0.4) is 0 Å². The number of hydrogen-bond acceptors (Lipinski definition) is 4. The maximum Gasteiger partial charge on any atom is 0.537 e. The molecule has 7 heteroatoms. The molecule has 0 fully saturated rings. The van der Waals surface area contributed by atoms with Crippen LogP contribution < -0.4 is 0 Å². The summed E-state index contributed by atoms with van der Waals surface area (Å²) in [6.07, 6.45) is -3.52. The van der Waals surface area contributed by atoms with Crippen LogP contribution in [0.15, 0.2) is 0 Å². The van der Waals surface area contributed by atoms with Crippen molar-refractivity contribution in [3.05, 3.63) is 0 Å². The lowest BCUT2D eigenvalue weighted by Crippen LogP contribution is -1.91. The smallest absolute Gasteiger partial charge is 0.450 e. The van der Waals surface area contributed by atoms with E-state index in [1.54, 1.807) is 0 Å². The van der Waals surface area contributed by atoms with Crippen molar-refractivity contribution in [2.24, 2.45) is 0 Å². The highest BCUT2D eigenvalue weighted by Gasteiger charge is 1.84. The van der Waals surface area contributed by atoms with E-state index in [1.807, 2.05) is 0 Å². The molecule has 0 saturated heterocycles. The van der Waals surface area contributed by atoms with Crippen LogP contribution in [0, 0.1) is 0 Å². The van der Waals surface area contributed by atoms with E-state index in [-0.39, 0.29) is 0 Å². The van der Waals surface area contributed by atoms with Crippen LogP contribution in [-0.2, 0) is 4.89 Å². The second-order valence-electron chi connectivity index (χ2n) is 0.640. The van der Waals surface area contributed by atoms with Gasteiger partial charge in [0.15, 0.2) is 0 Å². The van der Waals surface area contributed by atoms with Gasteiger partial charge in [-0.05, 0) is 0 Å². The Morgan fingerprint density at radius 1 is 1.11 bits per heavy atom. The van der Waals surface area contributed by atoms with Gasteiger partial charge in [-0.3, -0.25) is 4.89 Å². The summed E-state index contributed by atoms with van der Waals surface area (Å²) in [6.45, 7) is 0. The molecule has 0 unspecified atom stereocenters. The first-order chi connectivity index (χ1) is 4.00. The van der Waals surface area contributed by atoms with E-state index in [1.165, 1.54) is 0 Å². The lowest BCUT2D eigenvalue weighted by molar-refractivity contribution is -0.194. The topological polar surface area (TPSA) is 124 Å². The van der Waals surface area contributed by atoms with Crippen LogP contribution in [0.25, 0.3) is 0 Å². The second kappa shape index (κ2) is 6.50. The lowest BCUT2D eigenvalue weighted by atomic mass is 11.5. The summed E-state index contributed by atoms with van der Waals surface area (Å²) < 4.78 is 0. The van der Waals surface area contributed by atoms with Gasteiger partial charge < -0.3 is 15.3 Å². The van der Waals surface area contributed by atoms with E-state index < -0.39 is 12.3 Å². The molecule has 0 radical (unpaired) electrons. The zero-order chi connectivity index (χ0) is 7.86. The van der Waals surface area contributed by atoms with Gasteiger partial charge in [-0.15, -0.1) is 0 Å². The maximum absolute atomic E-state index is 8.90. The van der Waals surface area contributed by atoms with Gasteiger partial charge in [-0.1, -0.05) is 0 Å². The van der Waals surface area contributed by atoms with E-state index >= 15 is 0 Å². The quantitative estimate of drug-likeness (QED) is 0.283. The van der Waals surface area contributed by atoms with Gasteiger partial charge in [0.2, 0.25) is 0 Å². The van der Waals surface area contributed by atoms with E-state index in [9.17, 15) is 0 Å². The Labute approximate surface area is 48.7 Å². The highest BCUT2D eigenvalue weighted by molar-refractivity contribution is 5.55. The van der Waals surface area contributed by atoms with Crippen LogP contribution in [-0.4, -0.2) is 32.9 Å².